The third-order valence-corrected chi connectivity index (χ3v) is 6.34. The van der Waals surface area contributed by atoms with E-state index in [0.29, 0.717) is 26.2 Å². The number of rotatable bonds is 4. The smallest absolute Gasteiger partial charge is 0.321 e. The molecule has 5 rings (SSSR count). The molecule has 1 atom stereocenters. The molecule has 31 heavy (non-hydrogen) atoms. The van der Waals surface area contributed by atoms with Crippen LogP contribution in [0.1, 0.15) is 24.0 Å². The normalized spacial score (nSPS) is 22.7. The highest BCUT2D eigenvalue weighted by atomic mass is 16.5. The first kappa shape index (κ1) is 19.8. The van der Waals surface area contributed by atoms with Crippen molar-refractivity contribution in [1.82, 2.24) is 9.88 Å². The van der Waals surface area contributed by atoms with Crippen LogP contribution in [0.3, 0.4) is 0 Å². The quantitative estimate of drug-likeness (QED) is 0.661. The number of amidine groups is 1. The molecule has 1 aromatic heterocycles. The predicted octanol–water partition coefficient (Wildman–Crippen LogP) is 3.13. The van der Waals surface area contributed by atoms with Gasteiger partial charge in [0.1, 0.15) is 11.4 Å². The van der Waals surface area contributed by atoms with Crippen molar-refractivity contribution in [2.75, 3.05) is 49.3 Å². The summed E-state index contributed by atoms with van der Waals surface area (Å²) in [6.07, 6.45) is 5.94. The number of likely N-dealkylation sites (tertiary alicyclic amines) is 1. The second-order valence-electron chi connectivity index (χ2n) is 8.39. The van der Waals surface area contributed by atoms with E-state index in [2.05, 4.69) is 33.1 Å². The summed E-state index contributed by atoms with van der Waals surface area (Å²) < 4.78 is 5.17. The van der Waals surface area contributed by atoms with E-state index in [9.17, 15) is 4.79 Å². The number of anilines is 3. The van der Waals surface area contributed by atoms with E-state index < -0.39 is 5.54 Å². The average molecular weight is 421 g/mol. The fraction of sp³-hybridized carbons (Fsp3) is 0.435. The Balaban J connectivity index is 1.34. The zero-order chi connectivity index (χ0) is 21.3. The number of ether oxygens (including phenoxy) is 1. The molecule has 162 valence electrons. The summed E-state index contributed by atoms with van der Waals surface area (Å²) in [5.74, 6) is 1.56. The number of carbonyl (C=O) groups is 1. The van der Waals surface area contributed by atoms with Gasteiger partial charge in [0.15, 0.2) is 5.82 Å². The molecule has 0 radical (unpaired) electrons. The lowest BCUT2D eigenvalue weighted by Crippen LogP contribution is -2.55. The number of benzene rings is 1. The number of aromatic nitrogens is 1. The van der Waals surface area contributed by atoms with E-state index in [1.54, 1.807) is 13.3 Å². The molecule has 1 aliphatic carbocycles. The number of nitrogens with one attached hydrogen (secondary N) is 3. The molecule has 2 amide bonds. The number of hydrogen-bond donors (Lipinski definition) is 3. The second kappa shape index (κ2) is 8.19. The van der Waals surface area contributed by atoms with Crippen molar-refractivity contribution < 1.29 is 9.53 Å². The summed E-state index contributed by atoms with van der Waals surface area (Å²) >= 11 is 0. The van der Waals surface area contributed by atoms with Crippen LogP contribution < -0.4 is 16.0 Å². The maximum absolute atomic E-state index is 13.0. The van der Waals surface area contributed by atoms with Gasteiger partial charge in [-0.05, 0) is 61.1 Å². The second-order valence-corrected chi connectivity index (χ2v) is 8.39. The van der Waals surface area contributed by atoms with Gasteiger partial charge < -0.3 is 25.6 Å². The Morgan fingerprint density at radius 2 is 2.23 bits per heavy atom. The standard InChI is InChI=1S/C23H28N6O2/c1-31-13-11-25-21-23(28-19-6-3-10-24-20(19)27-21)9-12-29(15-23)22(30)26-18-8-7-16-4-2-5-17(16)14-18/h3,6-8,10,14,28H,2,4-5,9,11-13,15H2,1H3,(H,26,30)(H,24,25,27). The molecule has 1 aromatic carbocycles. The molecular formula is C23H28N6O2. The van der Waals surface area contributed by atoms with Gasteiger partial charge in [0.05, 0.1) is 25.4 Å². The molecule has 0 bridgehead atoms. The van der Waals surface area contributed by atoms with Crippen molar-refractivity contribution in [3.05, 3.63) is 47.7 Å². The van der Waals surface area contributed by atoms with Crippen molar-refractivity contribution in [2.24, 2.45) is 4.99 Å². The summed E-state index contributed by atoms with van der Waals surface area (Å²) in [7, 11) is 1.67. The first-order valence-electron chi connectivity index (χ1n) is 10.9. The third kappa shape index (κ3) is 3.83. The Morgan fingerprint density at radius 1 is 1.32 bits per heavy atom. The lowest BCUT2D eigenvalue weighted by atomic mass is 9.94. The minimum atomic E-state index is -0.459. The minimum absolute atomic E-state index is 0.0788. The van der Waals surface area contributed by atoms with Crippen LogP contribution in [-0.4, -0.2) is 60.6 Å². The van der Waals surface area contributed by atoms with Crippen molar-refractivity contribution in [3.8, 4) is 0 Å². The van der Waals surface area contributed by atoms with Crippen LogP contribution in [0, 0.1) is 0 Å². The number of aryl methyl sites for hydroxylation is 2. The Labute approximate surface area is 182 Å². The number of pyridine rings is 1. The van der Waals surface area contributed by atoms with Gasteiger partial charge in [-0.15, -0.1) is 0 Å². The number of nitrogens with zero attached hydrogens (tertiary/aromatic N) is 3. The van der Waals surface area contributed by atoms with E-state index in [-0.39, 0.29) is 6.03 Å². The molecule has 0 saturated carbocycles. The summed E-state index contributed by atoms with van der Waals surface area (Å²) in [4.78, 5) is 24.1. The number of fused-ring (bicyclic) bond motifs is 2. The molecule has 8 heteroatoms. The predicted molar refractivity (Wildman–Crippen MR) is 122 cm³/mol. The molecule has 3 N–H and O–H groups in total. The van der Waals surface area contributed by atoms with Crippen LogP contribution in [-0.2, 0) is 17.6 Å². The summed E-state index contributed by atoms with van der Waals surface area (Å²) in [5.41, 5.74) is 4.09. The van der Waals surface area contributed by atoms with Gasteiger partial charge in [-0.2, -0.15) is 0 Å². The zero-order valence-corrected chi connectivity index (χ0v) is 17.8. The summed E-state index contributed by atoms with van der Waals surface area (Å²) in [6.45, 7) is 2.26. The third-order valence-electron chi connectivity index (χ3n) is 6.34. The van der Waals surface area contributed by atoms with Crippen LogP contribution in [0.15, 0.2) is 41.5 Å². The molecule has 8 nitrogen and oxygen atoms in total. The molecule has 2 aromatic rings. The molecule has 3 aliphatic rings. The van der Waals surface area contributed by atoms with E-state index in [1.165, 1.54) is 17.5 Å². The average Bonchev–Trinajstić information content (AvgIpc) is 3.42. The number of carbonyl (C=O) groups excluding carboxylic acids is 1. The van der Waals surface area contributed by atoms with Crippen LogP contribution in [0.25, 0.3) is 0 Å². The lowest BCUT2D eigenvalue weighted by molar-refractivity contribution is 0.208. The number of amides is 2. The Morgan fingerprint density at radius 3 is 3.13 bits per heavy atom. The molecule has 2 aliphatic heterocycles. The van der Waals surface area contributed by atoms with Crippen LogP contribution in [0.4, 0.5) is 22.0 Å². The number of aliphatic imine (C=N–C) groups is 1. The van der Waals surface area contributed by atoms with Crippen LogP contribution in [0.5, 0.6) is 0 Å². The number of urea groups is 1. The molecule has 1 spiro atoms. The Bertz CT molecular complexity index is 1020. The first-order chi connectivity index (χ1) is 15.2. The van der Waals surface area contributed by atoms with Gasteiger partial charge in [-0.25, -0.2) is 9.78 Å². The lowest BCUT2D eigenvalue weighted by Gasteiger charge is -2.38. The molecule has 1 fully saturated rings. The highest BCUT2D eigenvalue weighted by Gasteiger charge is 2.47. The number of hydrogen-bond acceptors (Lipinski definition) is 5. The van der Waals surface area contributed by atoms with Crippen molar-refractivity contribution in [1.29, 1.82) is 0 Å². The minimum Gasteiger partial charge on any atom is -0.383 e. The van der Waals surface area contributed by atoms with Gasteiger partial charge in [0.2, 0.25) is 0 Å². The van der Waals surface area contributed by atoms with E-state index in [0.717, 1.165) is 42.3 Å². The topological polar surface area (TPSA) is 90.9 Å². The maximum atomic E-state index is 13.0. The van der Waals surface area contributed by atoms with Crippen LogP contribution in [0.2, 0.25) is 0 Å². The molecular weight excluding hydrogens is 392 g/mol. The SMILES string of the molecule is COCCN=C1Nc2ncccc2NC12CCN(C(=O)Nc1ccc3c(c1)CCC3)C2. The zero-order valence-electron chi connectivity index (χ0n) is 17.8. The summed E-state index contributed by atoms with van der Waals surface area (Å²) in [6, 6.07) is 10.1. The number of methoxy groups -OCH3 is 1. The van der Waals surface area contributed by atoms with Crippen molar-refractivity contribution in [2.45, 2.75) is 31.2 Å². The first-order valence-corrected chi connectivity index (χ1v) is 10.9. The van der Waals surface area contributed by atoms with Gasteiger partial charge in [0.25, 0.3) is 0 Å². The highest BCUT2D eigenvalue weighted by Crippen LogP contribution is 2.35. The van der Waals surface area contributed by atoms with Gasteiger partial charge >= 0.3 is 6.03 Å². The largest absolute Gasteiger partial charge is 0.383 e. The fourth-order valence-corrected chi connectivity index (χ4v) is 4.72. The van der Waals surface area contributed by atoms with E-state index in [4.69, 9.17) is 9.73 Å². The molecule has 1 saturated heterocycles. The van der Waals surface area contributed by atoms with Crippen LogP contribution >= 0.6 is 0 Å². The molecule has 1 unspecified atom stereocenters. The monoisotopic (exact) mass is 420 g/mol. The van der Waals surface area contributed by atoms with E-state index >= 15 is 0 Å². The van der Waals surface area contributed by atoms with Crippen molar-refractivity contribution >= 4 is 29.1 Å². The Hall–Kier alpha value is -3.13. The van der Waals surface area contributed by atoms with Gasteiger partial charge in [0, 0.05) is 25.5 Å². The maximum Gasteiger partial charge on any atom is 0.321 e. The van der Waals surface area contributed by atoms with Gasteiger partial charge in [-0.3, -0.25) is 4.99 Å². The Kier molecular flexibility index (Phi) is 5.23. The van der Waals surface area contributed by atoms with Gasteiger partial charge in [-0.1, -0.05) is 6.07 Å². The summed E-state index contributed by atoms with van der Waals surface area (Å²) in [5, 5.41) is 10.1. The highest BCUT2D eigenvalue weighted by molar-refractivity contribution is 6.09. The fourth-order valence-electron chi connectivity index (χ4n) is 4.72. The molecule has 3 heterocycles. The van der Waals surface area contributed by atoms with Crippen molar-refractivity contribution in [3.63, 3.8) is 0 Å². The van der Waals surface area contributed by atoms with E-state index in [1.807, 2.05) is 23.1 Å².